The third-order valence-electron chi connectivity index (χ3n) is 5.93. The fourth-order valence-corrected chi connectivity index (χ4v) is 4.21. The van der Waals surface area contributed by atoms with Gasteiger partial charge >= 0.3 is 0 Å². The fraction of sp³-hybridized carbons (Fsp3) is 0.478. The molecule has 2 aromatic rings. The average Bonchev–Trinajstić information content (AvgIpc) is 3.30. The Balaban J connectivity index is 1.53. The van der Waals surface area contributed by atoms with Gasteiger partial charge in [-0.3, -0.25) is 0 Å². The van der Waals surface area contributed by atoms with E-state index in [2.05, 4.69) is 0 Å². The fourth-order valence-electron chi connectivity index (χ4n) is 4.03. The van der Waals surface area contributed by atoms with E-state index in [0.29, 0.717) is 30.2 Å². The topological polar surface area (TPSA) is 129 Å². The Labute approximate surface area is 190 Å². The lowest BCUT2D eigenvalue weighted by Crippen LogP contribution is -2.63. The van der Waals surface area contributed by atoms with E-state index in [1.165, 1.54) is 6.07 Å². The average molecular weight is 467 g/mol. The summed E-state index contributed by atoms with van der Waals surface area (Å²) in [6.45, 7) is 0.649. The number of benzene rings is 2. The zero-order valence-corrected chi connectivity index (χ0v) is 18.1. The molecule has 0 aromatic heterocycles. The second-order valence-corrected chi connectivity index (χ2v) is 8.60. The lowest BCUT2D eigenvalue weighted by molar-refractivity contribution is -0.357. The largest absolute Gasteiger partial charge is 0.488 e. The Morgan fingerprint density at radius 2 is 1.81 bits per heavy atom. The Hall–Kier alpha value is -1.75. The first-order valence-corrected chi connectivity index (χ1v) is 10.9. The van der Waals surface area contributed by atoms with Crippen molar-refractivity contribution in [2.75, 3.05) is 19.8 Å². The van der Waals surface area contributed by atoms with Crippen LogP contribution in [0.5, 0.6) is 5.75 Å². The maximum Gasteiger partial charge on any atom is 0.222 e. The summed E-state index contributed by atoms with van der Waals surface area (Å²) in [5, 5.41) is 51.4. The van der Waals surface area contributed by atoms with Crippen LogP contribution in [0.3, 0.4) is 0 Å². The van der Waals surface area contributed by atoms with E-state index in [4.69, 9.17) is 25.8 Å². The minimum absolute atomic E-state index is 0.0613. The first kappa shape index (κ1) is 23.4. The molecule has 5 N–H and O–H groups in total. The van der Waals surface area contributed by atoms with Crippen molar-refractivity contribution >= 4 is 11.6 Å². The molecule has 4 rings (SSSR count). The third-order valence-corrected chi connectivity index (χ3v) is 6.30. The zero-order chi connectivity index (χ0) is 22.9. The van der Waals surface area contributed by atoms with E-state index in [9.17, 15) is 25.5 Å². The molecule has 174 valence electrons. The molecular formula is C23H27ClO8. The van der Waals surface area contributed by atoms with Crippen LogP contribution in [0, 0.1) is 0 Å². The highest BCUT2D eigenvalue weighted by molar-refractivity contribution is 6.31. The molecule has 9 heteroatoms. The predicted molar refractivity (Wildman–Crippen MR) is 114 cm³/mol. The van der Waals surface area contributed by atoms with E-state index in [0.717, 1.165) is 17.7 Å². The Bertz CT molecular complexity index is 915. The van der Waals surface area contributed by atoms with E-state index in [1.807, 2.05) is 24.3 Å². The van der Waals surface area contributed by atoms with Crippen molar-refractivity contribution in [3.05, 3.63) is 64.2 Å². The van der Waals surface area contributed by atoms with Crippen LogP contribution < -0.4 is 4.74 Å². The minimum atomic E-state index is -2.33. The number of ether oxygens (including phenoxy) is 3. The van der Waals surface area contributed by atoms with Crippen molar-refractivity contribution in [2.45, 2.75) is 49.1 Å². The van der Waals surface area contributed by atoms with Crippen molar-refractivity contribution < 1.29 is 39.7 Å². The molecule has 0 unspecified atom stereocenters. The summed E-state index contributed by atoms with van der Waals surface area (Å²) >= 11 is 6.37. The predicted octanol–water partition coefficient (Wildman–Crippen LogP) is 0.717. The van der Waals surface area contributed by atoms with Gasteiger partial charge in [-0.2, -0.15) is 0 Å². The molecule has 2 aliphatic rings. The lowest BCUT2D eigenvalue weighted by atomic mass is 9.87. The minimum Gasteiger partial charge on any atom is -0.488 e. The van der Waals surface area contributed by atoms with Crippen LogP contribution in [0.1, 0.15) is 23.1 Å². The Morgan fingerprint density at radius 3 is 2.47 bits per heavy atom. The van der Waals surface area contributed by atoms with Gasteiger partial charge < -0.3 is 39.7 Å². The summed E-state index contributed by atoms with van der Waals surface area (Å²) in [6, 6.07) is 12.2. The van der Waals surface area contributed by atoms with Crippen molar-refractivity contribution in [1.82, 2.24) is 0 Å². The van der Waals surface area contributed by atoms with Gasteiger partial charge in [0.05, 0.1) is 19.8 Å². The third kappa shape index (κ3) is 4.64. The molecule has 8 nitrogen and oxygen atoms in total. The normalized spacial score (nSPS) is 32.8. The molecule has 0 amide bonds. The Kier molecular flexibility index (Phi) is 7.04. The molecule has 0 aliphatic carbocycles. The van der Waals surface area contributed by atoms with Crippen molar-refractivity contribution in [2.24, 2.45) is 0 Å². The van der Waals surface area contributed by atoms with E-state index >= 15 is 0 Å². The number of aliphatic hydroxyl groups excluding tert-OH is 4. The summed E-state index contributed by atoms with van der Waals surface area (Å²) in [7, 11) is 0. The quantitative estimate of drug-likeness (QED) is 0.421. The second kappa shape index (κ2) is 9.62. The summed E-state index contributed by atoms with van der Waals surface area (Å²) in [6.07, 6.45) is -4.99. The molecule has 32 heavy (non-hydrogen) atoms. The first-order chi connectivity index (χ1) is 15.3. The van der Waals surface area contributed by atoms with E-state index < -0.39 is 36.8 Å². The van der Waals surface area contributed by atoms with Gasteiger partial charge in [0.2, 0.25) is 5.79 Å². The molecule has 6 atom stereocenters. The van der Waals surface area contributed by atoms with Crippen LogP contribution in [0.25, 0.3) is 0 Å². The monoisotopic (exact) mass is 466 g/mol. The number of hydrogen-bond acceptors (Lipinski definition) is 8. The summed E-state index contributed by atoms with van der Waals surface area (Å²) in [5.41, 5.74) is 1.75. The highest BCUT2D eigenvalue weighted by Crippen LogP contribution is 2.38. The number of rotatable bonds is 6. The van der Waals surface area contributed by atoms with Crippen LogP contribution in [-0.4, -0.2) is 75.9 Å². The van der Waals surface area contributed by atoms with Gasteiger partial charge in [-0.25, -0.2) is 0 Å². The summed E-state index contributed by atoms with van der Waals surface area (Å²) in [4.78, 5) is 0. The SMILES string of the molecule is OC[C@H]1O[C@@](O)(c2ccc(Cl)c(Cc3ccc(O[C@H]4CCOC4)cc3)c2)[C@H](O)[C@@H](O)[C@@H]1O. The molecule has 2 aromatic carbocycles. The summed E-state index contributed by atoms with van der Waals surface area (Å²) in [5.74, 6) is -1.58. The van der Waals surface area contributed by atoms with Gasteiger partial charge in [0, 0.05) is 17.0 Å². The maximum atomic E-state index is 11.0. The van der Waals surface area contributed by atoms with Crippen LogP contribution in [0.2, 0.25) is 5.02 Å². The Morgan fingerprint density at radius 1 is 1.06 bits per heavy atom. The van der Waals surface area contributed by atoms with Crippen LogP contribution in [0.15, 0.2) is 42.5 Å². The standard InChI is InChI=1S/C23H27ClO8/c24-18-6-3-15(23(29)22(28)21(27)20(26)19(11-25)32-23)10-14(18)9-13-1-4-16(5-2-13)31-17-7-8-30-12-17/h1-6,10,17,19-22,25-29H,7-9,11-12H2/t17-,19+,20+,21-,22+,23-/m0/s1. The van der Waals surface area contributed by atoms with Crippen molar-refractivity contribution in [3.63, 3.8) is 0 Å². The number of hydrogen-bond donors (Lipinski definition) is 5. The molecule has 2 heterocycles. The first-order valence-electron chi connectivity index (χ1n) is 10.5. The highest BCUT2D eigenvalue weighted by Gasteiger charge is 2.53. The second-order valence-electron chi connectivity index (χ2n) is 8.19. The van der Waals surface area contributed by atoms with Gasteiger partial charge in [0.1, 0.15) is 36.3 Å². The highest BCUT2D eigenvalue weighted by atomic mass is 35.5. The van der Waals surface area contributed by atoms with Crippen molar-refractivity contribution in [3.8, 4) is 5.75 Å². The van der Waals surface area contributed by atoms with Crippen LogP contribution in [-0.2, 0) is 21.7 Å². The number of aliphatic hydroxyl groups is 5. The maximum absolute atomic E-state index is 11.0. The smallest absolute Gasteiger partial charge is 0.222 e. The van der Waals surface area contributed by atoms with Crippen LogP contribution >= 0.6 is 11.6 Å². The molecule has 2 saturated heterocycles. The lowest BCUT2D eigenvalue weighted by Gasteiger charge is -2.45. The van der Waals surface area contributed by atoms with Gasteiger partial charge in [0.15, 0.2) is 0 Å². The molecule has 0 radical (unpaired) electrons. The zero-order valence-electron chi connectivity index (χ0n) is 17.3. The molecule has 0 saturated carbocycles. The molecule has 0 bridgehead atoms. The van der Waals surface area contributed by atoms with Gasteiger partial charge in [-0.15, -0.1) is 0 Å². The molecule has 2 aliphatic heterocycles. The molecular weight excluding hydrogens is 440 g/mol. The number of halogens is 1. The molecule has 0 spiro atoms. The van der Waals surface area contributed by atoms with Crippen LogP contribution in [0.4, 0.5) is 0 Å². The van der Waals surface area contributed by atoms with Crippen molar-refractivity contribution in [1.29, 1.82) is 0 Å². The van der Waals surface area contributed by atoms with Gasteiger partial charge in [0.25, 0.3) is 0 Å². The molecule has 2 fully saturated rings. The van der Waals surface area contributed by atoms with E-state index in [1.54, 1.807) is 12.1 Å². The van der Waals surface area contributed by atoms with Gasteiger partial charge in [-0.1, -0.05) is 29.8 Å². The summed E-state index contributed by atoms with van der Waals surface area (Å²) < 4.78 is 16.6. The van der Waals surface area contributed by atoms with Gasteiger partial charge in [-0.05, 0) is 41.8 Å². The van der Waals surface area contributed by atoms with E-state index in [-0.39, 0.29) is 11.7 Å².